The molecule has 0 amide bonds. The van der Waals surface area contributed by atoms with Crippen LogP contribution in [0.4, 0.5) is 10.1 Å². The fourth-order valence-electron chi connectivity index (χ4n) is 3.11. The van der Waals surface area contributed by atoms with Crippen LogP contribution in [0.1, 0.15) is 50.6 Å². The van der Waals surface area contributed by atoms with Gasteiger partial charge in [0.1, 0.15) is 5.82 Å². The van der Waals surface area contributed by atoms with Crippen molar-refractivity contribution in [2.24, 2.45) is 0 Å². The molecule has 0 atom stereocenters. The second-order valence-corrected chi connectivity index (χ2v) is 6.19. The largest absolute Gasteiger partial charge is 0.384 e. The van der Waals surface area contributed by atoms with Gasteiger partial charge in [-0.1, -0.05) is 31.4 Å². The van der Waals surface area contributed by atoms with Gasteiger partial charge in [0.05, 0.1) is 10.5 Å². The third-order valence-electron chi connectivity index (χ3n) is 4.19. The van der Waals surface area contributed by atoms with Crippen LogP contribution in [0, 0.1) is 5.82 Å². The predicted molar refractivity (Wildman–Crippen MR) is 86.7 cm³/mol. The molecule has 1 saturated carbocycles. The molecule has 0 radical (unpaired) electrons. The summed E-state index contributed by atoms with van der Waals surface area (Å²) in [6.07, 6.45) is 5.92. The zero-order chi connectivity index (χ0) is 14.8. The molecule has 4 heteroatoms. The van der Waals surface area contributed by atoms with Crippen molar-refractivity contribution in [3.8, 4) is 0 Å². The van der Waals surface area contributed by atoms with Crippen LogP contribution in [0.2, 0.25) is 5.02 Å². The standard InChI is InChI=1S/C17H20ClFN2/c1-2-7-20-16-10-15(11-5-3-4-6-11)21-17-13(16)8-12(19)9-14(17)18/h8-11H,2-7H2,1H3,(H,20,21). The van der Waals surface area contributed by atoms with Gasteiger partial charge in [0.2, 0.25) is 0 Å². The first-order chi connectivity index (χ1) is 10.2. The average Bonchev–Trinajstić information content (AvgIpc) is 2.99. The Morgan fingerprint density at radius 1 is 1.29 bits per heavy atom. The second-order valence-electron chi connectivity index (χ2n) is 5.79. The Kier molecular flexibility index (Phi) is 4.29. The van der Waals surface area contributed by atoms with Gasteiger partial charge in [-0.3, -0.25) is 4.98 Å². The van der Waals surface area contributed by atoms with E-state index in [2.05, 4.69) is 18.3 Å². The van der Waals surface area contributed by atoms with E-state index in [1.165, 1.54) is 37.8 Å². The van der Waals surface area contributed by atoms with Crippen molar-refractivity contribution in [1.82, 2.24) is 4.98 Å². The number of hydrogen-bond acceptors (Lipinski definition) is 2. The van der Waals surface area contributed by atoms with Gasteiger partial charge in [-0.2, -0.15) is 0 Å². The fourth-order valence-corrected chi connectivity index (χ4v) is 3.36. The maximum Gasteiger partial charge on any atom is 0.125 e. The lowest BCUT2D eigenvalue weighted by Gasteiger charge is -2.15. The van der Waals surface area contributed by atoms with Gasteiger partial charge in [0, 0.05) is 29.2 Å². The van der Waals surface area contributed by atoms with Crippen LogP contribution in [-0.4, -0.2) is 11.5 Å². The number of hydrogen-bond donors (Lipinski definition) is 1. The molecule has 1 N–H and O–H groups in total. The summed E-state index contributed by atoms with van der Waals surface area (Å²) in [6.45, 7) is 2.97. The molecule has 1 aliphatic rings. The Morgan fingerprint density at radius 2 is 2.05 bits per heavy atom. The van der Waals surface area contributed by atoms with E-state index in [4.69, 9.17) is 16.6 Å². The van der Waals surface area contributed by atoms with Crippen LogP contribution in [0.25, 0.3) is 10.9 Å². The van der Waals surface area contributed by atoms with Crippen LogP contribution in [-0.2, 0) is 0 Å². The zero-order valence-corrected chi connectivity index (χ0v) is 13.0. The predicted octanol–water partition coefficient (Wildman–Crippen LogP) is 5.51. The molecule has 1 aromatic carbocycles. The second kappa shape index (κ2) is 6.18. The molecule has 3 rings (SSSR count). The van der Waals surface area contributed by atoms with Crippen LogP contribution in [0.5, 0.6) is 0 Å². The summed E-state index contributed by atoms with van der Waals surface area (Å²) in [5, 5.41) is 4.56. The van der Waals surface area contributed by atoms with E-state index >= 15 is 0 Å². The first-order valence-corrected chi connectivity index (χ1v) is 8.10. The Labute approximate surface area is 129 Å². The van der Waals surface area contributed by atoms with Gasteiger partial charge in [-0.05, 0) is 37.5 Å². The van der Waals surface area contributed by atoms with Crippen molar-refractivity contribution in [2.45, 2.75) is 44.9 Å². The highest BCUT2D eigenvalue weighted by molar-refractivity contribution is 6.35. The fraction of sp³-hybridized carbons (Fsp3) is 0.471. The van der Waals surface area contributed by atoms with Crippen LogP contribution in [0.3, 0.4) is 0 Å². The Bertz CT molecular complexity index is 651. The van der Waals surface area contributed by atoms with Crippen LogP contribution in [0.15, 0.2) is 18.2 Å². The maximum atomic E-state index is 13.7. The van der Waals surface area contributed by atoms with Gasteiger partial charge < -0.3 is 5.32 Å². The summed E-state index contributed by atoms with van der Waals surface area (Å²) >= 11 is 6.22. The van der Waals surface area contributed by atoms with Crippen LogP contribution >= 0.6 is 11.6 Å². The molecule has 21 heavy (non-hydrogen) atoms. The molecule has 0 aliphatic heterocycles. The summed E-state index contributed by atoms with van der Waals surface area (Å²) in [5.74, 6) is 0.195. The molecule has 2 nitrogen and oxygen atoms in total. The van der Waals surface area contributed by atoms with Gasteiger partial charge in [-0.25, -0.2) is 4.39 Å². The first kappa shape index (κ1) is 14.6. The van der Waals surface area contributed by atoms with Gasteiger partial charge in [-0.15, -0.1) is 0 Å². The van der Waals surface area contributed by atoms with Crippen molar-refractivity contribution < 1.29 is 4.39 Å². The number of benzene rings is 1. The Balaban J connectivity index is 2.13. The van der Waals surface area contributed by atoms with Crippen molar-refractivity contribution in [3.05, 3.63) is 34.7 Å². The van der Waals surface area contributed by atoms with Crippen molar-refractivity contribution >= 4 is 28.2 Å². The highest BCUT2D eigenvalue weighted by atomic mass is 35.5. The third kappa shape index (κ3) is 2.98. The number of aromatic nitrogens is 1. The summed E-state index contributed by atoms with van der Waals surface area (Å²) in [5.41, 5.74) is 2.75. The summed E-state index contributed by atoms with van der Waals surface area (Å²) in [6, 6.07) is 4.95. The van der Waals surface area contributed by atoms with E-state index < -0.39 is 0 Å². The van der Waals surface area contributed by atoms with E-state index in [1.807, 2.05) is 0 Å². The third-order valence-corrected chi connectivity index (χ3v) is 4.48. The molecule has 0 bridgehead atoms. The summed E-state index contributed by atoms with van der Waals surface area (Å²) in [7, 11) is 0. The number of halogens is 2. The SMILES string of the molecule is CCCNc1cc(C2CCCC2)nc2c(Cl)cc(F)cc12. The zero-order valence-electron chi connectivity index (χ0n) is 12.3. The molecular weight excluding hydrogens is 287 g/mol. The molecule has 0 saturated heterocycles. The van der Waals surface area contributed by atoms with Crippen molar-refractivity contribution in [1.29, 1.82) is 0 Å². The van der Waals surface area contributed by atoms with Crippen molar-refractivity contribution in [2.75, 3.05) is 11.9 Å². The van der Waals surface area contributed by atoms with Gasteiger partial charge in [0.25, 0.3) is 0 Å². The van der Waals surface area contributed by atoms with Gasteiger partial charge in [0.15, 0.2) is 0 Å². The quantitative estimate of drug-likeness (QED) is 0.806. The molecule has 112 valence electrons. The molecule has 1 aromatic heterocycles. The Morgan fingerprint density at radius 3 is 2.76 bits per heavy atom. The lowest BCUT2D eigenvalue weighted by molar-refractivity contribution is 0.629. The van der Waals surface area contributed by atoms with Gasteiger partial charge >= 0.3 is 0 Å². The monoisotopic (exact) mass is 306 g/mol. The lowest BCUT2D eigenvalue weighted by Crippen LogP contribution is -2.05. The number of anilines is 1. The van der Waals surface area contributed by atoms with E-state index in [1.54, 1.807) is 0 Å². The number of nitrogens with zero attached hydrogens (tertiary/aromatic N) is 1. The smallest absolute Gasteiger partial charge is 0.125 e. The topological polar surface area (TPSA) is 24.9 Å². The number of nitrogens with one attached hydrogen (secondary N) is 1. The Hall–Kier alpha value is -1.35. The van der Waals surface area contributed by atoms with E-state index in [9.17, 15) is 4.39 Å². The minimum absolute atomic E-state index is 0.317. The number of rotatable bonds is 4. The minimum atomic E-state index is -0.317. The first-order valence-electron chi connectivity index (χ1n) is 7.72. The number of pyridine rings is 1. The molecule has 1 aliphatic carbocycles. The highest BCUT2D eigenvalue weighted by Gasteiger charge is 2.20. The highest BCUT2D eigenvalue weighted by Crippen LogP contribution is 2.37. The maximum absolute atomic E-state index is 13.7. The molecule has 0 unspecified atom stereocenters. The van der Waals surface area contributed by atoms with E-state index in [0.29, 0.717) is 16.5 Å². The average molecular weight is 307 g/mol. The molecule has 2 aromatic rings. The molecular formula is C17H20ClFN2. The van der Waals surface area contributed by atoms with Crippen molar-refractivity contribution in [3.63, 3.8) is 0 Å². The van der Waals surface area contributed by atoms with E-state index in [0.717, 1.165) is 29.7 Å². The summed E-state index contributed by atoms with van der Waals surface area (Å²) in [4.78, 5) is 4.73. The molecule has 1 heterocycles. The minimum Gasteiger partial charge on any atom is -0.384 e. The molecule has 1 fully saturated rings. The van der Waals surface area contributed by atoms with Crippen LogP contribution < -0.4 is 5.32 Å². The molecule has 0 spiro atoms. The number of fused-ring (bicyclic) bond motifs is 1. The van der Waals surface area contributed by atoms with E-state index in [-0.39, 0.29) is 5.82 Å². The normalized spacial score (nSPS) is 15.8. The summed E-state index contributed by atoms with van der Waals surface area (Å²) < 4.78 is 13.7. The lowest BCUT2D eigenvalue weighted by atomic mass is 10.0.